The smallest absolute Gasteiger partial charge is 0.271 e. The number of amides is 1. The van der Waals surface area contributed by atoms with E-state index in [0.29, 0.717) is 11.5 Å². The number of H-pyrrole nitrogens is 2. The SMILES string of the molecule is Cc1cc[nH+]c(NC(=O)c2ccn[nH]2)c1. The molecule has 0 aliphatic rings. The maximum absolute atomic E-state index is 11.6. The number of aromatic nitrogens is 3. The molecule has 0 aromatic carbocycles. The van der Waals surface area contributed by atoms with Crippen molar-refractivity contribution in [2.24, 2.45) is 0 Å². The first-order valence-electron chi connectivity index (χ1n) is 4.55. The second-order valence-electron chi connectivity index (χ2n) is 3.20. The maximum atomic E-state index is 11.6. The van der Waals surface area contributed by atoms with E-state index in [9.17, 15) is 4.79 Å². The summed E-state index contributed by atoms with van der Waals surface area (Å²) in [4.78, 5) is 14.5. The van der Waals surface area contributed by atoms with Crippen LogP contribution in [-0.2, 0) is 0 Å². The van der Waals surface area contributed by atoms with E-state index in [-0.39, 0.29) is 5.91 Å². The zero-order valence-corrected chi connectivity index (χ0v) is 8.24. The summed E-state index contributed by atoms with van der Waals surface area (Å²) in [5.41, 5.74) is 1.51. The van der Waals surface area contributed by atoms with E-state index in [1.54, 1.807) is 12.3 Å². The lowest BCUT2D eigenvalue weighted by Gasteiger charge is -1.95. The van der Waals surface area contributed by atoms with Crippen molar-refractivity contribution in [2.75, 3.05) is 5.32 Å². The number of aromatic amines is 2. The Bertz CT molecular complexity index is 464. The fourth-order valence-electron chi connectivity index (χ4n) is 1.22. The average molecular weight is 203 g/mol. The lowest BCUT2D eigenvalue weighted by Crippen LogP contribution is -2.19. The number of nitrogens with one attached hydrogen (secondary N) is 3. The highest BCUT2D eigenvalue weighted by atomic mass is 16.2. The van der Waals surface area contributed by atoms with Crippen molar-refractivity contribution >= 4 is 11.7 Å². The summed E-state index contributed by atoms with van der Waals surface area (Å²) < 4.78 is 0. The molecular weight excluding hydrogens is 192 g/mol. The predicted octanol–water partition coefficient (Wildman–Crippen LogP) is 0.785. The molecule has 0 atom stereocenters. The number of hydrogen-bond acceptors (Lipinski definition) is 2. The molecule has 5 heteroatoms. The molecule has 0 radical (unpaired) electrons. The van der Waals surface area contributed by atoms with E-state index >= 15 is 0 Å². The molecule has 0 aliphatic heterocycles. The van der Waals surface area contributed by atoms with E-state index in [2.05, 4.69) is 20.5 Å². The summed E-state index contributed by atoms with van der Waals surface area (Å²) in [6.45, 7) is 1.96. The molecule has 0 bridgehead atoms. The third kappa shape index (κ3) is 2.19. The van der Waals surface area contributed by atoms with Gasteiger partial charge in [0.15, 0.2) is 0 Å². The third-order valence-corrected chi connectivity index (χ3v) is 1.95. The molecule has 1 amide bonds. The van der Waals surface area contributed by atoms with E-state index in [4.69, 9.17) is 0 Å². The summed E-state index contributed by atoms with van der Waals surface area (Å²) in [5, 5.41) is 9.02. The number of pyridine rings is 1. The van der Waals surface area contributed by atoms with Crippen LogP contribution in [0.25, 0.3) is 0 Å². The van der Waals surface area contributed by atoms with Crippen LogP contribution < -0.4 is 10.3 Å². The van der Waals surface area contributed by atoms with Gasteiger partial charge in [0.05, 0.1) is 6.20 Å². The van der Waals surface area contributed by atoms with Gasteiger partial charge in [0.1, 0.15) is 5.69 Å². The molecule has 76 valence electrons. The van der Waals surface area contributed by atoms with Gasteiger partial charge in [-0.05, 0) is 24.6 Å². The first-order chi connectivity index (χ1) is 7.25. The predicted molar refractivity (Wildman–Crippen MR) is 54.3 cm³/mol. The van der Waals surface area contributed by atoms with E-state index in [1.807, 2.05) is 19.1 Å². The van der Waals surface area contributed by atoms with Gasteiger partial charge in [0, 0.05) is 12.3 Å². The Morgan fingerprint density at radius 2 is 2.40 bits per heavy atom. The lowest BCUT2D eigenvalue weighted by atomic mass is 10.3. The summed E-state index contributed by atoms with van der Waals surface area (Å²) >= 11 is 0. The molecule has 5 nitrogen and oxygen atoms in total. The van der Waals surface area contributed by atoms with Crippen molar-refractivity contribution in [1.82, 2.24) is 10.2 Å². The summed E-state index contributed by atoms with van der Waals surface area (Å²) in [6, 6.07) is 5.39. The fourth-order valence-corrected chi connectivity index (χ4v) is 1.22. The minimum Gasteiger partial charge on any atom is -0.271 e. The highest BCUT2D eigenvalue weighted by molar-refractivity contribution is 6.01. The van der Waals surface area contributed by atoms with E-state index in [0.717, 1.165) is 5.56 Å². The first-order valence-corrected chi connectivity index (χ1v) is 4.55. The van der Waals surface area contributed by atoms with Crippen molar-refractivity contribution in [3.63, 3.8) is 0 Å². The van der Waals surface area contributed by atoms with Crippen LogP contribution in [0.3, 0.4) is 0 Å². The van der Waals surface area contributed by atoms with Crippen LogP contribution in [0.1, 0.15) is 16.1 Å². The van der Waals surface area contributed by atoms with Gasteiger partial charge in [-0.25, -0.2) is 15.1 Å². The molecule has 0 fully saturated rings. The van der Waals surface area contributed by atoms with Crippen molar-refractivity contribution in [3.05, 3.63) is 41.9 Å². The van der Waals surface area contributed by atoms with Crippen LogP contribution in [0.5, 0.6) is 0 Å². The lowest BCUT2D eigenvalue weighted by molar-refractivity contribution is -0.360. The zero-order chi connectivity index (χ0) is 10.7. The standard InChI is InChI=1S/C10H10N4O/c1-7-2-4-11-9(6-7)13-10(15)8-3-5-12-14-8/h2-6H,1H3,(H,12,14)(H,11,13,15)/p+1. The van der Waals surface area contributed by atoms with Gasteiger partial charge in [-0.1, -0.05) is 0 Å². The number of hydrogen-bond donors (Lipinski definition) is 2. The van der Waals surface area contributed by atoms with Gasteiger partial charge in [-0.2, -0.15) is 5.10 Å². The minimum atomic E-state index is -0.214. The number of aryl methyl sites for hydroxylation is 1. The number of rotatable bonds is 2. The molecule has 2 aromatic rings. The number of carbonyl (C=O) groups is 1. The molecule has 2 rings (SSSR count). The monoisotopic (exact) mass is 203 g/mol. The van der Waals surface area contributed by atoms with Crippen LogP contribution in [0.15, 0.2) is 30.6 Å². The average Bonchev–Trinajstić information content (AvgIpc) is 2.70. The third-order valence-electron chi connectivity index (χ3n) is 1.95. The van der Waals surface area contributed by atoms with Crippen molar-refractivity contribution in [2.45, 2.75) is 6.92 Å². The highest BCUT2D eigenvalue weighted by Crippen LogP contribution is 2.03. The molecule has 0 aliphatic carbocycles. The topological polar surface area (TPSA) is 71.9 Å². The van der Waals surface area contributed by atoms with Gasteiger partial charge in [-0.3, -0.25) is 5.10 Å². The van der Waals surface area contributed by atoms with Crippen LogP contribution in [0.4, 0.5) is 5.82 Å². The molecule has 0 saturated carbocycles. The van der Waals surface area contributed by atoms with Gasteiger partial charge in [0.2, 0.25) is 0 Å². The molecule has 0 saturated heterocycles. The normalized spacial score (nSPS) is 9.93. The maximum Gasteiger partial charge on any atom is 0.356 e. The van der Waals surface area contributed by atoms with Crippen molar-refractivity contribution < 1.29 is 9.78 Å². The number of anilines is 1. The summed E-state index contributed by atoms with van der Waals surface area (Å²) in [5.74, 6) is 0.448. The zero-order valence-electron chi connectivity index (χ0n) is 8.24. The van der Waals surface area contributed by atoms with E-state index in [1.165, 1.54) is 6.20 Å². The quantitative estimate of drug-likeness (QED) is 0.757. The van der Waals surface area contributed by atoms with Crippen molar-refractivity contribution in [1.29, 1.82) is 0 Å². The Balaban J connectivity index is 2.13. The fraction of sp³-hybridized carbons (Fsp3) is 0.100. The van der Waals surface area contributed by atoms with Gasteiger partial charge in [0.25, 0.3) is 5.82 Å². The van der Waals surface area contributed by atoms with Gasteiger partial charge >= 0.3 is 5.91 Å². The molecule has 3 N–H and O–H groups in total. The molecular formula is C10H11N4O+. The van der Waals surface area contributed by atoms with Gasteiger partial charge in [-0.15, -0.1) is 0 Å². The Morgan fingerprint density at radius 3 is 3.07 bits per heavy atom. The van der Waals surface area contributed by atoms with Crippen molar-refractivity contribution in [3.8, 4) is 0 Å². The molecule has 0 unspecified atom stereocenters. The molecule has 15 heavy (non-hydrogen) atoms. The highest BCUT2D eigenvalue weighted by Gasteiger charge is 2.13. The van der Waals surface area contributed by atoms with Crippen LogP contribution in [0, 0.1) is 6.92 Å². The molecule has 0 spiro atoms. The van der Waals surface area contributed by atoms with Crippen LogP contribution >= 0.6 is 0 Å². The Kier molecular flexibility index (Phi) is 2.45. The van der Waals surface area contributed by atoms with Gasteiger partial charge < -0.3 is 0 Å². The molecule has 2 aromatic heterocycles. The minimum absolute atomic E-state index is 0.214. The van der Waals surface area contributed by atoms with E-state index < -0.39 is 0 Å². The Labute approximate surface area is 86.5 Å². The second-order valence-corrected chi connectivity index (χ2v) is 3.20. The Hall–Kier alpha value is -2.17. The summed E-state index contributed by atoms with van der Waals surface area (Å²) in [7, 11) is 0. The Morgan fingerprint density at radius 1 is 1.53 bits per heavy atom. The van der Waals surface area contributed by atoms with Crippen LogP contribution in [-0.4, -0.2) is 16.1 Å². The second kappa shape index (κ2) is 3.91. The number of carbonyl (C=O) groups excluding carboxylic acids is 1. The molecule has 2 heterocycles. The summed E-state index contributed by atoms with van der Waals surface area (Å²) in [6.07, 6.45) is 3.31. The first kappa shape index (κ1) is 9.39. The number of nitrogens with zero attached hydrogens (tertiary/aromatic N) is 1. The largest absolute Gasteiger partial charge is 0.356 e. The van der Waals surface area contributed by atoms with Crippen LogP contribution in [0.2, 0.25) is 0 Å².